The zero-order chi connectivity index (χ0) is 14.1. The molecule has 2 saturated heterocycles. The summed E-state index contributed by atoms with van der Waals surface area (Å²) in [6.45, 7) is 1.75. The minimum atomic E-state index is -0.456. The van der Waals surface area contributed by atoms with Gasteiger partial charge in [-0.25, -0.2) is 4.39 Å². The van der Waals surface area contributed by atoms with Crippen LogP contribution in [-0.4, -0.2) is 36.0 Å². The fraction of sp³-hybridized carbons (Fsp3) is 0.533. The van der Waals surface area contributed by atoms with Crippen molar-refractivity contribution in [3.63, 3.8) is 0 Å². The van der Waals surface area contributed by atoms with Crippen LogP contribution >= 0.6 is 15.9 Å². The summed E-state index contributed by atoms with van der Waals surface area (Å²) in [5.74, 6) is -0.637. The van der Waals surface area contributed by atoms with Gasteiger partial charge in [0.2, 0.25) is 0 Å². The average molecular weight is 341 g/mol. The predicted molar refractivity (Wildman–Crippen MR) is 79.2 cm³/mol. The molecule has 2 atom stereocenters. The molecule has 0 aromatic heterocycles. The molecule has 1 aromatic rings. The van der Waals surface area contributed by atoms with E-state index >= 15 is 0 Å². The zero-order valence-electron chi connectivity index (χ0n) is 11.2. The van der Waals surface area contributed by atoms with Crippen LogP contribution in [-0.2, 0) is 0 Å². The molecule has 2 heterocycles. The van der Waals surface area contributed by atoms with Crippen LogP contribution in [0.4, 0.5) is 4.39 Å². The number of carbonyl (C=O) groups is 1. The second kappa shape index (κ2) is 5.82. The molecule has 0 bridgehead atoms. The Balaban J connectivity index is 1.83. The van der Waals surface area contributed by atoms with Crippen molar-refractivity contribution < 1.29 is 9.18 Å². The van der Waals surface area contributed by atoms with Crippen LogP contribution in [0.3, 0.4) is 0 Å². The minimum absolute atomic E-state index is 0.171. The lowest BCUT2D eigenvalue weighted by atomic mass is 10.0. The Morgan fingerprint density at radius 1 is 1.35 bits per heavy atom. The third-order valence-electron chi connectivity index (χ3n) is 4.30. The number of likely N-dealkylation sites (tertiary alicyclic amines) is 1. The number of rotatable bonds is 2. The highest BCUT2D eigenvalue weighted by Crippen LogP contribution is 2.28. The number of hydrogen-bond donors (Lipinski definition) is 1. The van der Waals surface area contributed by atoms with Gasteiger partial charge in [0.15, 0.2) is 0 Å². The molecule has 3 nitrogen and oxygen atoms in total. The Labute approximate surface area is 126 Å². The molecule has 20 heavy (non-hydrogen) atoms. The first kappa shape index (κ1) is 14.0. The Bertz CT molecular complexity index is 517. The van der Waals surface area contributed by atoms with E-state index in [1.165, 1.54) is 0 Å². The van der Waals surface area contributed by atoms with Crippen LogP contribution in [0.5, 0.6) is 0 Å². The first-order valence-corrected chi connectivity index (χ1v) is 7.96. The third kappa shape index (κ3) is 2.49. The fourth-order valence-corrected chi connectivity index (χ4v) is 3.69. The van der Waals surface area contributed by atoms with Crippen LogP contribution < -0.4 is 5.32 Å². The number of amides is 1. The normalized spacial score (nSPS) is 26.2. The number of hydrogen-bond acceptors (Lipinski definition) is 2. The molecule has 2 unspecified atom stereocenters. The van der Waals surface area contributed by atoms with Crippen molar-refractivity contribution >= 4 is 21.8 Å². The van der Waals surface area contributed by atoms with Crippen molar-refractivity contribution in [3.8, 4) is 0 Å². The Hall–Kier alpha value is -0.940. The Kier molecular flexibility index (Phi) is 4.08. The first-order chi connectivity index (χ1) is 9.68. The quantitative estimate of drug-likeness (QED) is 0.897. The van der Waals surface area contributed by atoms with Gasteiger partial charge in [0, 0.05) is 18.6 Å². The lowest BCUT2D eigenvalue weighted by Crippen LogP contribution is -2.46. The minimum Gasteiger partial charge on any atom is -0.334 e. The third-order valence-corrected chi connectivity index (χ3v) is 4.92. The van der Waals surface area contributed by atoms with Gasteiger partial charge in [-0.2, -0.15) is 0 Å². The van der Waals surface area contributed by atoms with E-state index in [4.69, 9.17) is 0 Å². The summed E-state index contributed by atoms with van der Waals surface area (Å²) in [5.41, 5.74) is 0.171. The molecular weight excluding hydrogens is 323 g/mol. The van der Waals surface area contributed by atoms with Gasteiger partial charge in [-0.3, -0.25) is 4.79 Å². The molecule has 0 saturated carbocycles. The van der Waals surface area contributed by atoms with E-state index in [1.54, 1.807) is 18.2 Å². The van der Waals surface area contributed by atoms with Crippen LogP contribution in [0.15, 0.2) is 22.7 Å². The monoisotopic (exact) mass is 340 g/mol. The lowest BCUT2D eigenvalue weighted by Gasteiger charge is -2.29. The van der Waals surface area contributed by atoms with Gasteiger partial charge in [-0.05, 0) is 60.3 Å². The van der Waals surface area contributed by atoms with E-state index in [-0.39, 0.29) is 17.5 Å². The molecule has 1 N–H and O–H groups in total. The summed E-state index contributed by atoms with van der Waals surface area (Å²) in [5, 5.41) is 3.46. The van der Waals surface area contributed by atoms with Crippen LogP contribution in [0.25, 0.3) is 0 Å². The van der Waals surface area contributed by atoms with Gasteiger partial charge in [-0.15, -0.1) is 0 Å². The number of benzene rings is 1. The van der Waals surface area contributed by atoms with E-state index in [0.717, 1.165) is 38.8 Å². The van der Waals surface area contributed by atoms with Crippen molar-refractivity contribution in [2.24, 2.45) is 0 Å². The molecule has 3 rings (SSSR count). The topological polar surface area (TPSA) is 32.3 Å². The van der Waals surface area contributed by atoms with Crippen LogP contribution in [0.1, 0.15) is 36.0 Å². The summed E-state index contributed by atoms with van der Waals surface area (Å²) < 4.78 is 14.4. The number of nitrogens with zero attached hydrogens (tertiary/aromatic N) is 1. The smallest absolute Gasteiger partial charge is 0.257 e. The van der Waals surface area contributed by atoms with Gasteiger partial charge in [0.25, 0.3) is 5.91 Å². The first-order valence-electron chi connectivity index (χ1n) is 7.17. The second-order valence-electron chi connectivity index (χ2n) is 5.51. The Morgan fingerprint density at radius 3 is 2.95 bits per heavy atom. The van der Waals surface area contributed by atoms with Gasteiger partial charge < -0.3 is 10.2 Å². The van der Waals surface area contributed by atoms with E-state index in [0.29, 0.717) is 10.5 Å². The molecule has 2 fully saturated rings. The average Bonchev–Trinajstić information content (AvgIpc) is 3.10. The highest BCUT2D eigenvalue weighted by Gasteiger charge is 2.36. The SMILES string of the molecule is O=C(c1cccc(Br)c1F)N1CCCC1C1CCCN1. The van der Waals surface area contributed by atoms with Crippen LogP contribution in [0, 0.1) is 5.82 Å². The van der Waals surface area contributed by atoms with Gasteiger partial charge >= 0.3 is 0 Å². The maximum absolute atomic E-state index is 14.1. The fourth-order valence-electron chi connectivity index (χ4n) is 3.33. The summed E-state index contributed by atoms with van der Waals surface area (Å²) in [4.78, 5) is 14.5. The Morgan fingerprint density at radius 2 is 2.20 bits per heavy atom. The molecule has 108 valence electrons. The molecule has 0 radical (unpaired) electrons. The molecule has 1 amide bonds. The highest BCUT2D eigenvalue weighted by atomic mass is 79.9. The van der Waals surface area contributed by atoms with Crippen molar-refractivity contribution in [2.75, 3.05) is 13.1 Å². The van der Waals surface area contributed by atoms with E-state index in [9.17, 15) is 9.18 Å². The molecule has 1 aromatic carbocycles. The van der Waals surface area contributed by atoms with Gasteiger partial charge in [-0.1, -0.05) is 6.07 Å². The molecule has 0 spiro atoms. The van der Waals surface area contributed by atoms with E-state index in [1.807, 2.05) is 4.90 Å². The largest absolute Gasteiger partial charge is 0.334 e. The lowest BCUT2D eigenvalue weighted by molar-refractivity contribution is 0.0706. The van der Waals surface area contributed by atoms with Crippen molar-refractivity contribution in [2.45, 2.75) is 37.8 Å². The molecule has 0 aliphatic carbocycles. The second-order valence-corrected chi connectivity index (χ2v) is 6.37. The van der Waals surface area contributed by atoms with Crippen LogP contribution in [0.2, 0.25) is 0 Å². The van der Waals surface area contributed by atoms with Gasteiger partial charge in [0.1, 0.15) is 5.82 Å². The summed E-state index contributed by atoms with van der Waals surface area (Å²) >= 11 is 3.15. The molecular formula is C15H18BrFN2O. The summed E-state index contributed by atoms with van der Waals surface area (Å²) in [6, 6.07) is 5.48. The highest BCUT2D eigenvalue weighted by molar-refractivity contribution is 9.10. The molecule has 2 aliphatic rings. The number of carbonyl (C=O) groups excluding carboxylic acids is 1. The van der Waals surface area contributed by atoms with Crippen molar-refractivity contribution in [3.05, 3.63) is 34.1 Å². The standard InChI is InChI=1S/C15H18BrFN2O/c16-11-5-1-4-10(14(11)17)15(20)19-9-3-7-13(19)12-6-2-8-18-12/h1,4-5,12-13,18H,2-3,6-9H2. The summed E-state index contributed by atoms with van der Waals surface area (Å²) in [7, 11) is 0. The van der Waals surface area contributed by atoms with E-state index < -0.39 is 5.82 Å². The van der Waals surface area contributed by atoms with Gasteiger partial charge in [0.05, 0.1) is 10.0 Å². The maximum Gasteiger partial charge on any atom is 0.257 e. The number of nitrogens with one attached hydrogen (secondary N) is 1. The zero-order valence-corrected chi connectivity index (χ0v) is 12.8. The summed E-state index contributed by atoms with van der Waals surface area (Å²) in [6.07, 6.45) is 4.28. The van der Waals surface area contributed by atoms with Crippen molar-refractivity contribution in [1.82, 2.24) is 10.2 Å². The van der Waals surface area contributed by atoms with E-state index in [2.05, 4.69) is 21.2 Å². The van der Waals surface area contributed by atoms with Crippen molar-refractivity contribution in [1.29, 1.82) is 0 Å². The molecule has 5 heteroatoms. The number of halogens is 2. The predicted octanol–water partition coefficient (Wildman–Crippen LogP) is 2.94. The maximum atomic E-state index is 14.1. The molecule has 2 aliphatic heterocycles.